The van der Waals surface area contributed by atoms with Gasteiger partial charge in [-0.1, -0.05) is 17.7 Å². The van der Waals surface area contributed by atoms with Crippen LogP contribution < -0.4 is 10.5 Å². The molecule has 1 saturated heterocycles. The van der Waals surface area contributed by atoms with Crippen LogP contribution in [0, 0.1) is 6.92 Å². The van der Waals surface area contributed by atoms with E-state index in [2.05, 4.69) is 26.0 Å². The van der Waals surface area contributed by atoms with E-state index in [0.717, 1.165) is 30.8 Å². The molecule has 92 valence electrons. The number of benzene rings is 1. The molecule has 0 bridgehead atoms. The summed E-state index contributed by atoms with van der Waals surface area (Å²) in [6.45, 7) is 4.94. The zero-order chi connectivity index (χ0) is 12.0. The van der Waals surface area contributed by atoms with Crippen molar-refractivity contribution in [2.75, 3.05) is 6.61 Å². The molecular weight excluding hydrogens is 214 g/mol. The minimum Gasteiger partial charge on any atom is -0.484 e. The van der Waals surface area contributed by atoms with Crippen molar-refractivity contribution < 1.29 is 9.47 Å². The molecule has 0 amide bonds. The number of fused-ring (bicyclic) bond motifs is 1. The number of hydrogen-bond donors (Lipinski definition) is 1. The monoisotopic (exact) mass is 233 g/mol. The van der Waals surface area contributed by atoms with Crippen LogP contribution in [0.1, 0.15) is 36.9 Å². The second-order valence-electron chi connectivity index (χ2n) is 5.28. The first-order valence-electron chi connectivity index (χ1n) is 6.27. The first-order chi connectivity index (χ1) is 8.11. The zero-order valence-corrected chi connectivity index (χ0v) is 10.4. The minimum absolute atomic E-state index is 0.0581. The van der Waals surface area contributed by atoms with E-state index >= 15 is 0 Å². The summed E-state index contributed by atoms with van der Waals surface area (Å²) in [7, 11) is 0. The van der Waals surface area contributed by atoms with Crippen LogP contribution in [0.5, 0.6) is 5.75 Å². The van der Waals surface area contributed by atoms with Crippen molar-refractivity contribution in [2.24, 2.45) is 5.73 Å². The molecule has 3 heteroatoms. The van der Waals surface area contributed by atoms with Gasteiger partial charge in [-0.3, -0.25) is 0 Å². The Morgan fingerprint density at radius 1 is 1.41 bits per heavy atom. The quantitative estimate of drug-likeness (QED) is 0.748. The van der Waals surface area contributed by atoms with E-state index in [-0.39, 0.29) is 17.7 Å². The van der Waals surface area contributed by atoms with E-state index in [1.54, 1.807) is 0 Å². The van der Waals surface area contributed by atoms with Crippen LogP contribution in [0.3, 0.4) is 0 Å². The fourth-order valence-corrected chi connectivity index (χ4v) is 2.96. The lowest BCUT2D eigenvalue weighted by molar-refractivity contribution is -0.0275. The van der Waals surface area contributed by atoms with Crippen LogP contribution in [0.25, 0.3) is 0 Å². The first-order valence-corrected chi connectivity index (χ1v) is 6.27. The predicted octanol–water partition coefficient (Wildman–Crippen LogP) is 2.32. The van der Waals surface area contributed by atoms with E-state index in [9.17, 15) is 0 Å². The van der Waals surface area contributed by atoms with E-state index < -0.39 is 0 Å². The lowest BCUT2D eigenvalue weighted by atomic mass is 9.83. The first kappa shape index (κ1) is 11.1. The Morgan fingerprint density at radius 2 is 2.24 bits per heavy atom. The minimum atomic E-state index is -0.207. The highest BCUT2D eigenvalue weighted by atomic mass is 16.6. The van der Waals surface area contributed by atoms with Crippen molar-refractivity contribution in [1.29, 1.82) is 0 Å². The number of rotatable bonds is 0. The van der Waals surface area contributed by atoms with Crippen molar-refractivity contribution in [3.63, 3.8) is 0 Å². The summed E-state index contributed by atoms with van der Waals surface area (Å²) in [6, 6.07) is 6.30. The number of ether oxygens (including phenoxy) is 2. The molecular formula is C14H19NO2. The average Bonchev–Trinajstić information content (AvgIpc) is 2.62. The summed E-state index contributed by atoms with van der Waals surface area (Å²) >= 11 is 0. The molecule has 0 radical (unpaired) electrons. The molecule has 2 N–H and O–H groups in total. The summed E-state index contributed by atoms with van der Waals surface area (Å²) in [5, 5.41) is 0. The van der Waals surface area contributed by atoms with Gasteiger partial charge in [0, 0.05) is 24.4 Å². The third kappa shape index (κ3) is 1.65. The number of hydrogen-bond acceptors (Lipinski definition) is 3. The Labute approximate surface area is 102 Å². The fraction of sp³-hybridized carbons (Fsp3) is 0.571. The van der Waals surface area contributed by atoms with Crippen molar-refractivity contribution in [3.05, 3.63) is 29.3 Å². The molecule has 1 aromatic rings. The molecule has 17 heavy (non-hydrogen) atoms. The predicted molar refractivity (Wildman–Crippen MR) is 66.1 cm³/mol. The maximum atomic E-state index is 6.30. The lowest BCUT2D eigenvalue weighted by Crippen LogP contribution is -2.47. The van der Waals surface area contributed by atoms with Gasteiger partial charge >= 0.3 is 0 Å². The highest BCUT2D eigenvalue weighted by Crippen LogP contribution is 2.44. The fourth-order valence-electron chi connectivity index (χ4n) is 2.96. The Bertz CT molecular complexity index is 446. The Balaban J connectivity index is 2.01. The third-order valence-electron chi connectivity index (χ3n) is 4.08. The van der Waals surface area contributed by atoms with E-state index in [0.29, 0.717) is 0 Å². The van der Waals surface area contributed by atoms with Crippen LogP contribution in [-0.2, 0) is 4.74 Å². The summed E-state index contributed by atoms with van der Waals surface area (Å²) < 4.78 is 11.9. The van der Waals surface area contributed by atoms with Gasteiger partial charge in [-0.15, -0.1) is 0 Å². The van der Waals surface area contributed by atoms with Gasteiger partial charge in [0.25, 0.3) is 0 Å². The smallest absolute Gasteiger partial charge is 0.139 e. The third-order valence-corrected chi connectivity index (χ3v) is 4.08. The molecule has 0 saturated carbocycles. The van der Waals surface area contributed by atoms with Crippen LogP contribution in [0.2, 0.25) is 0 Å². The highest BCUT2D eigenvalue weighted by molar-refractivity contribution is 5.41. The number of nitrogens with two attached hydrogens (primary N) is 1. The van der Waals surface area contributed by atoms with Gasteiger partial charge in [0.05, 0.1) is 12.7 Å². The lowest BCUT2D eigenvalue weighted by Gasteiger charge is -2.40. The summed E-state index contributed by atoms with van der Waals surface area (Å²) in [5.41, 5.74) is 8.45. The Kier molecular flexibility index (Phi) is 2.42. The van der Waals surface area contributed by atoms with Crippen molar-refractivity contribution >= 4 is 0 Å². The summed E-state index contributed by atoms with van der Waals surface area (Å²) in [6.07, 6.45) is 1.92. The average molecular weight is 233 g/mol. The molecule has 3 nitrogen and oxygen atoms in total. The molecule has 2 heterocycles. The highest BCUT2D eigenvalue weighted by Gasteiger charge is 2.48. The normalized spacial score (nSPS) is 35.7. The molecule has 1 aromatic carbocycles. The molecule has 2 aliphatic heterocycles. The molecule has 1 fully saturated rings. The van der Waals surface area contributed by atoms with Gasteiger partial charge < -0.3 is 15.2 Å². The summed E-state index contributed by atoms with van der Waals surface area (Å²) in [5.74, 6) is 0.937. The van der Waals surface area contributed by atoms with Gasteiger partial charge in [-0.2, -0.15) is 0 Å². The van der Waals surface area contributed by atoms with Crippen molar-refractivity contribution in [3.8, 4) is 5.75 Å². The van der Waals surface area contributed by atoms with E-state index in [1.165, 1.54) is 5.56 Å². The Hall–Kier alpha value is -1.06. The van der Waals surface area contributed by atoms with E-state index in [4.69, 9.17) is 15.2 Å². The molecule has 1 spiro atoms. The summed E-state index contributed by atoms with van der Waals surface area (Å²) in [4.78, 5) is 0. The topological polar surface area (TPSA) is 44.5 Å². The van der Waals surface area contributed by atoms with Gasteiger partial charge in [-0.25, -0.2) is 0 Å². The van der Waals surface area contributed by atoms with Crippen molar-refractivity contribution in [2.45, 2.75) is 44.4 Å². The van der Waals surface area contributed by atoms with Gasteiger partial charge in [-0.05, 0) is 19.9 Å². The van der Waals surface area contributed by atoms with E-state index in [1.807, 2.05) is 6.07 Å². The molecule has 0 aromatic heterocycles. The number of aryl methyl sites for hydroxylation is 1. The molecule has 0 aliphatic carbocycles. The zero-order valence-electron chi connectivity index (χ0n) is 10.4. The van der Waals surface area contributed by atoms with Crippen LogP contribution in [-0.4, -0.2) is 18.3 Å². The maximum Gasteiger partial charge on any atom is 0.139 e. The van der Waals surface area contributed by atoms with Crippen LogP contribution in [0.4, 0.5) is 0 Å². The van der Waals surface area contributed by atoms with Crippen LogP contribution in [0.15, 0.2) is 18.2 Å². The maximum absolute atomic E-state index is 6.30. The molecule has 3 rings (SSSR count). The van der Waals surface area contributed by atoms with Gasteiger partial charge in [0.1, 0.15) is 11.4 Å². The van der Waals surface area contributed by atoms with Gasteiger partial charge in [0.2, 0.25) is 0 Å². The molecule has 3 atom stereocenters. The second kappa shape index (κ2) is 3.72. The Morgan fingerprint density at radius 3 is 2.94 bits per heavy atom. The standard InChI is InChI=1S/C14H19NO2/c1-9-3-4-13-11(7-9)12(15)8-14(17-13)5-6-16-10(14)2/h3-4,7,10,12H,5-6,8,15H2,1-2H3/t10?,12-,14?/m0/s1. The largest absolute Gasteiger partial charge is 0.484 e. The molecule has 2 unspecified atom stereocenters. The van der Waals surface area contributed by atoms with Crippen LogP contribution >= 0.6 is 0 Å². The van der Waals surface area contributed by atoms with Gasteiger partial charge in [0.15, 0.2) is 0 Å². The van der Waals surface area contributed by atoms with Crippen molar-refractivity contribution in [1.82, 2.24) is 0 Å². The molecule has 2 aliphatic rings. The SMILES string of the molecule is Cc1ccc2c(c1)[C@@H](N)CC1(CCOC1C)O2. The second-order valence-corrected chi connectivity index (χ2v) is 5.28.